The number of ketones is 1. The van der Waals surface area contributed by atoms with Crippen LogP contribution in [0.25, 0.3) is 0 Å². The van der Waals surface area contributed by atoms with Crippen LogP contribution in [0.2, 0.25) is 10.0 Å². The Labute approximate surface area is 149 Å². The van der Waals surface area contributed by atoms with Crippen LogP contribution in [0.15, 0.2) is 36.4 Å². The highest BCUT2D eigenvalue weighted by Gasteiger charge is 2.15. The Kier molecular flexibility index (Phi) is 6.06. The molecule has 0 N–H and O–H groups in total. The molecule has 126 valence electrons. The van der Waals surface area contributed by atoms with Crippen molar-refractivity contribution in [1.29, 1.82) is 0 Å². The van der Waals surface area contributed by atoms with Gasteiger partial charge in [0.2, 0.25) is 0 Å². The highest BCUT2D eigenvalue weighted by molar-refractivity contribution is 6.42. The van der Waals surface area contributed by atoms with Gasteiger partial charge in [-0.05, 0) is 36.4 Å². The van der Waals surface area contributed by atoms with Crippen molar-refractivity contribution < 1.29 is 23.8 Å². The quantitative estimate of drug-likeness (QED) is 0.568. The Morgan fingerprint density at radius 2 is 1.54 bits per heavy atom. The largest absolute Gasteiger partial charge is 0.493 e. The fraction of sp³-hybridized carbons (Fsp3) is 0.176. The second-order valence-corrected chi connectivity index (χ2v) is 5.51. The number of rotatable bonds is 6. The Morgan fingerprint density at radius 1 is 0.875 bits per heavy atom. The van der Waals surface area contributed by atoms with Gasteiger partial charge in [-0.1, -0.05) is 23.2 Å². The summed E-state index contributed by atoms with van der Waals surface area (Å²) >= 11 is 11.7. The summed E-state index contributed by atoms with van der Waals surface area (Å²) in [4.78, 5) is 24.1. The number of carbonyl (C=O) groups excluding carboxylic acids is 2. The zero-order valence-electron chi connectivity index (χ0n) is 13.0. The predicted molar refractivity (Wildman–Crippen MR) is 90.6 cm³/mol. The van der Waals surface area contributed by atoms with Crippen LogP contribution in [0.4, 0.5) is 0 Å². The fourth-order valence-corrected chi connectivity index (χ4v) is 2.23. The molecule has 0 heterocycles. The standard InChI is InChI=1S/C17H14Cl2O5/c1-22-15-6-4-11(8-16(15)23-2)17(21)24-9-14(20)10-3-5-12(18)13(19)7-10/h3-8H,9H2,1-2H3. The molecule has 2 rings (SSSR count). The fourth-order valence-electron chi connectivity index (χ4n) is 1.93. The van der Waals surface area contributed by atoms with Gasteiger partial charge in [0, 0.05) is 5.56 Å². The highest BCUT2D eigenvalue weighted by atomic mass is 35.5. The third kappa shape index (κ3) is 4.19. The van der Waals surface area contributed by atoms with Crippen molar-refractivity contribution in [1.82, 2.24) is 0 Å². The maximum absolute atomic E-state index is 12.1. The molecule has 0 aliphatic carbocycles. The van der Waals surface area contributed by atoms with Gasteiger partial charge in [0.1, 0.15) is 0 Å². The van der Waals surface area contributed by atoms with Crippen LogP contribution in [0.1, 0.15) is 20.7 Å². The van der Waals surface area contributed by atoms with Crippen molar-refractivity contribution in [3.8, 4) is 11.5 Å². The first-order chi connectivity index (χ1) is 11.5. The van der Waals surface area contributed by atoms with E-state index in [1.54, 1.807) is 6.07 Å². The lowest BCUT2D eigenvalue weighted by Gasteiger charge is -2.09. The van der Waals surface area contributed by atoms with Gasteiger partial charge in [0.15, 0.2) is 23.9 Å². The van der Waals surface area contributed by atoms with Crippen LogP contribution in [0.3, 0.4) is 0 Å². The number of ether oxygens (including phenoxy) is 3. The van der Waals surface area contributed by atoms with E-state index in [4.69, 9.17) is 37.4 Å². The lowest BCUT2D eigenvalue weighted by Crippen LogP contribution is -2.14. The number of hydrogen-bond acceptors (Lipinski definition) is 5. The number of Topliss-reactive ketones (excluding diaryl/α,β-unsaturated/α-hetero) is 1. The molecule has 0 aromatic heterocycles. The number of halogens is 2. The normalized spacial score (nSPS) is 10.2. The van der Waals surface area contributed by atoms with Crippen molar-refractivity contribution in [3.05, 3.63) is 57.6 Å². The molecule has 0 aliphatic heterocycles. The summed E-state index contributed by atoms with van der Waals surface area (Å²) in [6, 6.07) is 9.03. The van der Waals surface area contributed by atoms with Gasteiger partial charge in [-0.15, -0.1) is 0 Å². The van der Waals surface area contributed by atoms with Crippen LogP contribution in [0, 0.1) is 0 Å². The SMILES string of the molecule is COc1ccc(C(=O)OCC(=O)c2ccc(Cl)c(Cl)c2)cc1OC. The first-order valence-electron chi connectivity index (χ1n) is 6.83. The van der Waals surface area contributed by atoms with E-state index < -0.39 is 12.6 Å². The van der Waals surface area contributed by atoms with Gasteiger partial charge in [-0.2, -0.15) is 0 Å². The lowest BCUT2D eigenvalue weighted by molar-refractivity contribution is 0.0474. The summed E-state index contributed by atoms with van der Waals surface area (Å²) in [5.74, 6) is -0.157. The second-order valence-electron chi connectivity index (χ2n) is 4.70. The maximum Gasteiger partial charge on any atom is 0.338 e. The zero-order valence-corrected chi connectivity index (χ0v) is 14.5. The topological polar surface area (TPSA) is 61.8 Å². The van der Waals surface area contributed by atoms with Crippen LogP contribution < -0.4 is 9.47 Å². The van der Waals surface area contributed by atoms with E-state index in [0.717, 1.165) is 0 Å². The number of hydrogen-bond donors (Lipinski definition) is 0. The third-order valence-corrected chi connectivity index (χ3v) is 3.93. The molecule has 0 unspecified atom stereocenters. The molecule has 5 nitrogen and oxygen atoms in total. The molecule has 0 fully saturated rings. The van der Waals surface area contributed by atoms with Crippen LogP contribution in [-0.4, -0.2) is 32.6 Å². The number of methoxy groups -OCH3 is 2. The average molecular weight is 369 g/mol. The smallest absolute Gasteiger partial charge is 0.338 e. The summed E-state index contributed by atoms with van der Waals surface area (Å²) < 4.78 is 15.2. The van der Waals surface area contributed by atoms with Gasteiger partial charge in [0.05, 0.1) is 29.8 Å². The van der Waals surface area contributed by atoms with Gasteiger partial charge < -0.3 is 14.2 Å². The molecule has 24 heavy (non-hydrogen) atoms. The summed E-state index contributed by atoms with van der Waals surface area (Å²) in [6.07, 6.45) is 0. The summed E-state index contributed by atoms with van der Waals surface area (Å²) in [6.45, 7) is -0.412. The molecule has 0 radical (unpaired) electrons. The minimum absolute atomic E-state index is 0.245. The molecule has 0 spiro atoms. The predicted octanol–water partition coefficient (Wildman–Crippen LogP) is 4.05. The monoisotopic (exact) mass is 368 g/mol. The van der Waals surface area contributed by atoms with Gasteiger partial charge >= 0.3 is 5.97 Å². The molecule has 0 amide bonds. The van der Waals surface area contributed by atoms with E-state index in [0.29, 0.717) is 22.1 Å². The maximum atomic E-state index is 12.1. The van der Waals surface area contributed by atoms with Crippen LogP contribution in [-0.2, 0) is 4.74 Å². The van der Waals surface area contributed by atoms with Crippen LogP contribution >= 0.6 is 23.2 Å². The molecule has 0 saturated carbocycles. The molecule has 0 atom stereocenters. The number of carbonyl (C=O) groups is 2. The summed E-state index contributed by atoms with van der Waals surface area (Å²) in [5.41, 5.74) is 0.555. The molecule has 0 saturated heterocycles. The van der Waals surface area contributed by atoms with Gasteiger partial charge in [0.25, 0.3) is 0 Å². The molecular weight excluding hydrogens is 355 g/mol. The van der Waals surface area contributed by atoms with Crippen molar-refractivity contribution in [2.75, 3.05) is 20.8 Å². The average Bonchev–Trinajstić information content (AvgIpc) is 2.60. The van der Waals surface area contributed by atoms with E-state index in [2.05, 4.69) is 0 Å². The Hall–Kier alpha value is -2.24. The minimum Gasteiger partial charge on any atom is -0.493 e. The van der Waals surface area contributed by atoms with Gasteiger partial charge in [-0.25, -0.2) is 4.79 Å². The second kappa shape index (κ2) is 8.04. The molecule has 7 heteroatoms. The lowest BCUT2D eigenvalue weighted by atomic mass is 10.1. The van der Waals surface area contributed by atoms with E-state index in [1.165, 1.54) is 44.6 Å². The van der Waals surface area contributed by atoms with E-state index in [9.17, 15) is 9.59 Å². The summed E-state index contributed by atoms with van der Waals surface area (Å²) in [5, 5.41) is 0.601. The van der Waals surface area contributed by atoms with Crippen molar-refractivity contribution in [2.45, 2.75) is 0 Å². The molecule has 2 aromatic carbocycles. The van der Waals surface area contributed by atoms with E-state index >= 15 is 0 Å². The van der Waals surface area contributed by atoms with Crippen molar-refractivity contribution in [2.24, 2.45) is 0 Å². The molecule has 0 aliphatic rings. The zero-order chi connectivity index (χ0) is 17.7. The third-order valence-electron chi connectivity index (χ3n) is 3.20. The van der Waals surface area contributed by atoms with Crippen molar-refractivity contribution in [3.63, 3.8) is 0 Å². The molecular formula is C17H14Cl2O5. The van der Waals surface area contributed by atoms with Gasteiger partial charge in [-0.3, -0.25) is 4.79 Å². The van der Waals surface area contributed by atoms with Crippen molar-refractivity contribution >= 4 is 35.0 Å². The van der Waals surface area contributed by atoms with Crippen LogP contribution in [0.5, 0.6) is 11.5 Å². The first kappa shape index (κ1) is 18.1. The Balaban J connectivity index is 2.04. The minimum atomic E-state index is -0.649. The summed E-state index contributed by atoms with van der Waals surface area (Å²) in [7, 11) is 2.95. The molecule has 2 aromatic rings. The van der Waals surface area contributed by atoms with E-state index in [1.807, 2.05) is 0 Å². The Bertz CT molecular complexity index is 774. The molecule has 0 bridgehead atoms. The number of esters is 1. The first-order valence-corrected chi connectivity index (χ1v) is 7.59. The Morgan fingerprint density at radius 3 is 2.17 bits per heavy atom. The number of benzene rings is 2. The van der Waals surface area contributed by atoms with E-state index in [-0.39, 0.29) is 16.4 Å². The highest BCUT2D eigenvalue weighted by Crippen LogP contribution is 2.28.